The quantitative estimate of drug-likeness (QED) is 0.466. The van der Waals surface area contributed by atoms with Crippen molar-refractivity contribution in [1.82, 2.24) is 10.2 Å². The number of hydrogen-bond acceptors (Lipinski definition) is 5. The van der Waals surface area contributed by atoms with Gasteiger partial charge < -0.3 is 19.7 Å². The molecule has 0 bridgehead atoms. The van der Waals surface area contributed by atoms with Crippen LogP contribution in [0.1, 0.15) is 63.7 Å². The Morgan fingerprint density at radius 1 is 0.865 bits per heavy atom. The van der Waals surface area contributed by atoms with Crippen LogP contribution in [0.25, 0.3) is 0 Å². The van der Waals surface area contributed by atoms with E-state index in [0.29, 0.717) is 42.1 Å². The molecule has 0 unspecified atom stereocenters. The summed E-state index contributed by atoms with van der Waals surface area (Å²) >= 11 is 0. The highest BCUT2D eigenvalue weighted by atomic mass is 16.7. The number of rotatable bonds is 8. The Balaban J connectivity index is 1.05. The molecule has 3 aromatic rings. The van der Waals surface area contributed by atoms with E-state index in [0.717, 1.165) is 36.1 Å². The molecule has 3 heterocycles. The Bertz CT molecular complexity index is 1390. The first kappa shape index (κ1) is 23.1. The van der Waals surface area contributed by atoms with Crippen molar-refractivity contribution in [3.63, 3.8) is 0 Å². The number of hydrogen-bond donors (Lipinski definition) is 1. The van der Waals surface area contributed by atoms with E-state index in [1.54, 1.807) is 15.9 Å². The number of unbranched alkanes of at least 4 members (excludes halogenated alkanes) is 2. The number of amides is 3. The molecule has 0 aromatic heterocycles. The third-order valence-corrected chi connectivity index (χ3v) is 7.11. The fraction of sp³-hybridized carbons (Fsp3) is 0.276. The molecule has 1 N–H and O–H groups in total. The summed E-state index contributed by atoms with van der Waals surface area (Å²) in [5, 5.41) is 2.95. The van der Waals surface area contributed by atoms with E-state index in [1.165, 1.54) is 0 Å². The van der Waals surface area contributed by atoms with Crippen LogP contribution in [-0.2, 0) is 11.3 Å². The second-order valence-corrected chi connectivity index (χ2v) is 9.43. The maximum atomic E-state index is 13.4. The standard InChI is InChI=1S/C29H27N3O5/c33-26(30-17-19-13-14-24-25(16-19)37-18-36-24)12-2-1-7-15-31-27-20-8-3-4-9-21(20)29(35)32(27)23-11-6-5-10-22(23)28(31)34/h3-6,8-11,13-14,16,27H,1-2,7,12,15,17-18H2,(H,30,33)/t27-/m1/s1. The van der Waals surface area contributed by atoms with Gasteiger partial charge in [-0.15, -0.1) is 0 Å². The van der Waals surface area contributed by atoms with E-state index >= 15 is 0 Å². The van der Waals surface area contributed by atoms with Crippen molar-refractivity contribution in [3.05, 3.63) is 89.0 Å². The first-order valence-corrected chi connectivity index (χ1v) is 12.6. The topological polar surface area (TPSA) is 88.2 Å². The van der Waals surface area contributed by atoms with E-state index in [9.17, 15) is 14.4 Å². The molecule has 6 rings (SSSR count). The summed E-state index contributed by atoms with van der Waals surface area (Å²) < 4.78 is 10.7. The molecule has 0 radical (unpaired) electrons. The van der Waals surface area contributed by atoms with Crippen molar-refractivity contribution >= 4 is 23.4 Å². The van der Waals surface area contributed by atoms with Crippen LogP contribution in [0.15, 0.2) is 66.7 Å². The van der Waals surface area contributed by atoms with Crippen LogP contribution in [0.5, 0.6) is 11.5 Å². The molecule has 0 aliphatic carbocycles. The highest BCUT2D eigenvalue weighted by Gasteiger charge is 2.47. The molecular formula is C29H27N3O5. The second kappa shape index (κ2) is 9.61. The van der Waals surface area contributed by atoms with Crippen LogP contribution in [-0.4, -0.2) is 36.0 Å². The van der Waals surface area contributed by atoms with Gasteiger partial charge in [0.15, 0.2) is 11.5 Å². The number of benzene rings is 3. The molecule has 188 valence electrons. The number of ether oxygens (including phenoxy) is 2. The zero-order valence-electron chi connectivity index (χ0n) is 20.3. The van der Waals surface area contributed by atoms with Gasteiger partial charge in [-0.05, 0) is 48.7 Å². The summed E-state index contributed by atoms with van der Waals surface area (Å²) in [4.78, 5) is 42.6. The molecule has 8 heteroatoms. The summed E-state index contributed by atoms with van der Waals surface area (Å²) in [5.74, 6) is 1.26. The second-order valence-electron chi connectivity index (χ2n) is 9.43. The largest absolute Gasteiger partial charge is 0.454 e. The van der Waals surface area contributed by atoms with Gasteiger partial charge in [-0.25, -0.2) is 0 Å². The Morgan fingerprint density at radius 3 is 2.54 bits per heavy atom. The lowest BCUT2D eigenvalue weighted by atomic mass is 10.0. The highest BCUT2D eigenvalue weighted by molar-refractivity contribution is 6.16. The van der Waals surface area contributed by atoms with E-state index < -0.39 is 6.17 Å². The summed E-state index contributed by atoms with van der Waals surface area (Å²) in [6.45, 7) is 1.17. The predicted molar refractivity (Wildman–Crippen MR) is 136 cm³/mol. The van der Waals surface area contributed by atoms with Gasteiger partial charge in [0.25, 0.3) is 11.8 Å². The highest BCUT2D eigenvalue weighted by Crippen LogP contribution is 2.45. The van der Waals surface area contributed by atoms with Crippen molar-refractivity contribution in [2.45, 2.75) is 38.4 Å². The van der Waals surface area contributed by atoms with Crippen molar-refractivity contribution in [3.8, 4) is 11.5 Å². The molecule has 0 saturated carbocycles. The maximum Gasteiger partial charge on any atom is 0.260 e. The average molecular weight is 498 g/mol. The van der Waals surface area contributed by atoms with Crippen LogP contribution in [0.2, 0.25) is 0 Å². The van der Waals surface area contributed by atoms with E-state index in [2.05, 4.69) is 5.32 Å². The molecule has 8 nitrogen and oxygen atoms in total. The Labute approximate surface area is 214 Å². The molecule has 3 aliphatic heterocycles. The summed E-state index contributed by atoms with van der Waals surface area (Å²) in [6, 6.07) is 20.4. The molecular weight excluding hydrogens is 470 g/mol. The molecule has 3 aromatic carbocycles. The van der Waals surface area contributed by atoms with Crippen LogP contribution in [0.4, 0.5) is 5.69 Å². The van der Waals surface area contributed by atoms with Crippen LogP contribution < -0.4 is 19.7 Å². The Kier molecular flexibility index (Phi) is 6.00. The van der Waals surface area contributed by atoms with Gasteiger partial charge in [0.05, 0.1) is 11.3 Å². The van der Waals surface area contributed by atoms with Gasteiger partial charge in [-0.1, -0.05) is 42.8 Å². The number of nitrogens with one attached hydrogen (secondary N) is 1. The number of carbonyl (C=O) groups is 3. The van der Waals surface area contributed by atoms with E-state index in [1.807, 2.05) is 60.7 Å². The zero-order chi connectivity index (χ0) is 25.4. The maximum absolute atomic E-state index is 13.4. The van der Waals surface area contributed by atoms with Crippen molar-refractivity contribution in [1.29, 1.82) is 0 Å². The molecule has 3 aliphatic rings. The van der Waals surface area contributed by atoms with E-state index in [-0.39, 0.29) is 24.5 Å². The van der Waals surface area contributed by atoms with Crippen LogP contribution in [0.3, 0.4) is 0 Å². The third-order valence-electron chi connectivity index (χ3n) is 7.11. The third kappa shape index (κ3) is 4.18. The molecule has 0 saturated heterocycles. The normalized spacial score (nSPS) is 16.9. The van der Waals surface area contributed by atoms with Gasteiger partial charge in [0, 0.05) is 30.6 Å². The lowest BCUT2D eigenvalue weighted by molar-refractivity contribution is -0.121. The van der Waals surface area contributed by atoms with Gasteiger partial charge >= 0.3 is 0 Å². The Morgan fingerprint density at radius 2 is 1.65 bits per heavy atom. The lowest BCUT2D eigenvalue weighted by Gasteiger charge is -2.41. The monoisotopic (exact) mass is 497 g/mol. The predicted octanol–water partition coefficient (Wildman–Crippen LogP) is 4.41. The minimum absolute atomic E-state index is 0.0119. The van der Waals surface area contributed by atoms with E-state index in [4.69, 9.17) is 9.47 Å². The molecule has 0 spiro atoms. The lowest BCUT2D eigenvalue weighted by Crippen LogP contribution is -2.48. The summed E-state index contributed by atoms with van der Waals surface area (Å²) in [7, 11) is 0. The Hall–Kier alpha value is -4.33. The van der Waals surface area contributed by atoms with Gasteiger partial charge in [-0.2, -0.15) is 0 Å². The van der Waals surface area contributed by atoms with Crippen LogP contribution in [0, 0.1) is 0 Å². The van der Waals surface area contributed by atoms with Gasteiger partial charge in [0.1, 0.15) is 6.17 Å². The van der Waals surface area contributed by atoms with Crippen LogP contribution >= 0.6 is 0 Å². The number of nitrogens with zero attached hydrogens (tertiary/aromatic N) is 2. The minimum atomic E-state index is -0.434. The summed E-state index contributed by atoms with van der Waals surface area (Å²) in [6.07, 6.45) is 2.24. The molecule has 3 amide bonds. The van der Waals surface area contributed by atoms with Gasteiger partial charge in [0.2, 0.25) is 12.7 Å². The number of anilines is 1. The SMILES string of the molecule is O=C(CCCCCN1C(=O)c2ccccc2N2C(=O)c3ccccc3[C@H]12)NCc1ccc2c(c1)OCO2. The smallest absolute Gasteiger partial charge is 0.260 e. The molecule has 0 fully saturated rings. The van der Waals surface area contributed by atoms with Crippen molar-refractivity contribution in [2.75, 3.05) is 18.2 Å². The van der Waals surface area contributed by atoms with Crippen molar-refractivity contribution in [2.24, 2.45) is 0 Å². The number of carbonyl (C=O) groups excluding carboxylic acids is 3. The fourth-order valence-corrected chi connectivity index (χ4v) is 5.28. The zero-order valence-corrected chi connectivity index (χ0v) is 20.3. The minimum Gasteiger partial charge on any atom is -0.454 e. The van der Waals surface area contributed by atoms with Crippen molar-refractivity contribution < 1.29 is 23.9 Å². The molecule has 37 heavy (non-hydrogen) atoms. The van der Waals surface area contributed by atoms with Gasteiger partial charge in [-0.3, -0.25) is 19.3 Å². The molecule has 1 atom stereocenters. The summed E-state index contributed by atoms with van der Waals surface area (Å²) in [5.41, 5.74) is 3.66. The first-order valence-electron chi connectivity index (χ1n) is 12.6. The average Bonchev–Trinajstić information content (AvgIpc) is 3.51. The first-order chi connectivity index (χ1) is 18.1. The number of fused-ring (bicyclic) bond motifs is 6. The number of para-hydroxylation sites is 1. The fourth-order valence-electron chi connectivity index (χ4n) is 5.28.